The summed E-state index contributed by atoms with van der Waals surface area (Å²) in [6, 6.07) is 2.95. The molecule has 4 saturated carbocycles. The topological polar surface area (TPSA) is 47.9 Å². The van der Waals surface area contributed by atoms with Crippen molar-refractivity contribution >= 4 is 22.8 Å². The fourth-order valence-electron chi connectivity index (χ4n) is 9.70. The third-order valence-corrected chi connectivity index (χ3v) is 12.1. The lowest BCUT2D eigenvalue weighted by molar-refractivity contribution is -0.162. The Kier molecular flexibility index (Phi) is 4.00. The summed E-state index contributed by atoms with van der Waals surface area (Å²) in [6.45, 7) is 0. The summed E-state index contributed by atoms with van der Waals surface area (Å²) in [5, 5.41) is 6.13. The van der Waals surface area contributed by atoms with Crippen LogP contribution in [0.25, 0.3) is 0 Å². The number of hydrogen-bond donors (Lipinski definition) is 1. The zero-order valence-corrected chi connectivity index (χ0v) is 19.3. The van der Waals surface area contributed by atoms with Gasteiger partial charge in [-0.3, -0.25) is 15.1 Å². The van der Waals surface area contributed by atoms with Crippen molar-refractivity contribution in [3.8, 4) is 0 Å². The van der Waals surface area contributed by atoms with E-state index >= 15 is 0 Å². The first-order valence-corrected chi connectivity index (χ1v) is 14.3. The minimum atomic E-state index is 0.302. The van der Waals surface area contributed by atoms with Gasteiger partial charge in [-0.05, 0) is 69.1 Å². The number of nitrogens with one attached hydrogen (secondary N) is 1. The smallest absolute Gasteiger partial charge is 0.227 e. The minimum Gasteiger partial charge on any atom is -0.343 e. The van der Waals surface area contributed by atoms with Crippen LogP contribution in [0.3, 0.4) is 0 Å². The number of amidine groups is 1. The lowest BCUT2D eigenvalue weighted by Gasteiger charge is -2.62. The van der Waals surface area contributed by atoms with E-state index in [2.05, 4.69) is 26.9 Å². The Labute approximate surface area is 190 Å². The van der Waals surface area contributed by atoms with Gasteiger partial charge in [-0.15, -0.1) is 0 Å². The molecule has 4 aliphatic heterocycles. The van der Waals surface area contributed by atoms with Crippen molar-refractivity contribution in [2.24, 2.45) is 28.7 Å². The molecule has 0 bridgehead atoms. The first-order chi connectivity index (χ1) is 15.3. The van der Waals surface area contributed by atoms with E-state index in [4.69, 9.17) is 4.99 Å². The molecular weight excluding hydrogens is 404 g/mol. The normalized spacial score (nSPS) is 54.4. The van der Waals surface area contributed by atoms with Gasteiger partial charge < -0.3 is 9.80 Å². The number of amides is 1. The molecular formula is C25H36N4OS. The fourth-order valence-corrected chi connectivity index (χ4v) is 11.3. The maximum atomic E-state index is 13.9. The summed E-state index contributed by atoms with van der Waals surface area (Å²) >= 11 is 2.12. The van der Waals surface area contributed by atoms with Crippen LogP contribution < -0.4 is 5.32 Å². The average Bonchev–Trinajstić information content (AvgIpc) is 3.37. The van der Waals surface area contributed by atoms with Crippen molar-refractivity contribution in [2.45, 2.75) is 119 Å². The molecule has 168 valence electrons. The lowest BCUT2D eigenvalue weighted by atomic mass is 9.55. The first-order valence-electron chi connectivity index (χ1n) is 13.4. The van der Waals surface area contributed by atoms with E-state index in [1.54, 1.807) is 0 Å². The Bertz CT molecular complexity index is 832. The number of rotatable bonds is 0. The van der Waals surface area contributed by atoms with Crippen molar-refractivity contribution in [1.82, 2.24) is 15.1 Å². The fraction of sp³-hybridized carbons (Fsp3) is 0.920. The predicted octanol–water partition coefficient (Wildman–Crippen LogP) is 3.59. The van der Waals surface area contributed by atoms with Crippen LogP contribution in [0.1, 0.15) is 77.0 Å². The van der Waals surface area contributed by atoms with Gasteiger partial charge in [-0.1, -0.05) is 37.4 Å². The molecule has 1 N–H and O–H groups in total. The number of hydrogen-bond acceptors (Lipinski definition) is 5. The monoisotopic (exact) mass is 440 g/mol. The standard InChI is InChI=1S/C25H36N4OS/c30-24-14-9-11-19-22-20(31-25-27-16-6-2-3-7-17(16)28(19)25)12-10-13(21(14)22)23-26-15-5-1-4-8-18(15)29(23)24/h13-23,26H,1-12H2. The van der Waals surface area contributed by atoms with E-state index in [1.807, 2.05) is 0 Å². The van der Waals surface area contributed by atoms with Gasteiger partial charge in [0, 0.05) is 29.3 Å². The molecule has 11 unspecified atom stereocenters. The van der Waals surface area contributed by atoms with Crippen molar-refractivity contribution in [1.29, 1.82) is 0 Å². The van der Waals surface area contributed by atoms with Crippen molar-refractivity contribution in [3.05, 3.63) is 0 Å². The van der Waals surface area contributed by atoms with E-state index < -0.39 is 0 Å². The largest absolute Gasteiger partial charge is 0.343 e. The second kappa shape index (κ2) is 6.65. The van der Waals surface area contributed by atoms with Gasteiger partial charge in [0.2, 0.25) is 5.91 Å². The molecule has 5 nitrogen and oxygen atoms in total. The highest BCUT2D eigenvalue weighted by Gasteiger charge is 2.64. The molecule has 4 heterocycles. The Morgan fingerprint density at radius 1 is 0.806 bits per heavy atom. The van der Waals surface area contributed by atoms with Crippen LogP contribution in [0, 0.1) is 23.7 Å². The molecule has 31 heavy (non-hydrogen) atoms. The van der Waals surface area contributed by atoms with E-state index in [9.17, 15) is 4.79 Å². The van der Waals surface area contributed by atoms with Gasteiger partial charge in [-0.2, -0.15) is 0 Å². The molecule has 8 aliphatic rings. The Morgan fingerprint density at radius 3 is 2.58 bits per heavy atom. The highest BCUT2D eigenvalue weighted by Crippen LogP contribution is 2.60. The third-order valence-electron chi connectivity index (χ3n) is 10.7. The predicted molar refractivity (Wildman–Crippen MR) is 123 cm³/mol. The summed E-state index contributed by atoms with van der Waals surface area (Å²) in [6.07, 6.45) is 15.8. The number of nitrogens with zero attached hydrogens (tertiary/aromatic N) is 3. The van der Waals surface area contributed by atoms with E-state index in [0.29, 0.717) is 71.2 Å². The molecule has 6 heteroatoms. The molecule has 0 aromatic carbocycles. The number of aliphatic imine (C=N–C) groups is 1. The highest BCUT2D eigenvalue weighted by atomic mass is 32.2. The summed E-state index contributed by atoms with van der Waals surface area (Å²) in [7, 11) is 0. The molecule has 3 saturated heterocycles. The van der Waals surface area contributed by atoms with Crippen molar-refractivity contribution < 1.29 is 4.79 Å². The van der Waals surface area contributed by atoms with Crippen LogP contribution in [0.15, 0.2) is 4.99 Å². The summed E-state index contributed by atoms with van der Waals surface area (Å²) in [5.41, 5.74) is 0. The molecule has 0 aromatic rings. The average molecular weight is 441 g/mol. The SMILES string of the molecule is O=C1C2CCC3C4C(CCC(C24)C2NC4CCCCC4N12)SC1=NC2CCCCC2N13. The second-order valence-corrected chi connectivity index (χ2v) is 13.1. The van der Waals surface area contributed by atoms with Crippen LogP contribution in [-0.2, 0) is 4.79 Å². The highest BCUT2D eigenvalue weighted by molar-refractivity contribution is 8.14. The van der Waals surface area contributed by atoms with E-state index in [1.165, 1.54) is 75.8 Å². The quantitative estimate of drug-likeness (QED) is 0.625. The van der Waals surface area contributed by atoms with Gasteiger partial charge in [0.1, 0.15) is 0 Å². The molecule has 8 rings (SSSR count). The molecule has 0 spiro atoms. The van der Waals surface area contributed by atoms with Crippen LogP contribution in [0.2, 0.25) is 0 Å². The maximum Gasteiger partial charge on any atom is 0.227 e. The first kappa shape index (κ1) is 18.7. The van der Waals surface area contributed by atoms with Gasteiger partial charge in [0.25, 0.3) is 0 Å². The molecule has 4 aliphatic carbocycles. The lowest BCUT2D eigenvalue weighted by Crippen LogP contribution is -2.68. The van der Waals surface area contributed by atoms with Gasteiger partial charge >= 0.3 is 0 Å². The molecule has 1 amide bonds. The third kappa shape index (κ3) is 2.39. The summed E-state index contributed by atoms with van der Waals surface area (Å²) < 4.78 is 0. The van der Waals surface area contributed by atoms with Crippen LogP contribution in [0.5, 0.6) is 0 Å². The van der Waals surface area contributed by atoms with Crippen LogP contribution in [0.4, 0.5) is 0 Å². The Hall–Kier alpha value is -0.750. The van der Waals surface area contributed by atoms with Gasteiger partial charge in [-0.25, -0.2) is 0 Å². The van der Waals surface area contributed by atoms with E-state index in [0.717, 1.165) is 6.42 Å². The number of piperidine rings is 1. The van der Waals surface area contributed by atoms with Crippen molar-refractivity contribution in [3.63, 3.8) is 0 Å². The molecule has 0 radical (unpaired) electrons. The Balaban J connectivity index is 1.16. The Morgan fingerprint density at radius 2 is 1.65 bits per heavy atom. The summed E-state index contributed by atoms with van der Waals surface area (Å²) in [4.78, 5) is 24.5. The minimum absolute atomic E-state index is 0.302. The number of carbonyl (C=O) groups excluding carboxylic acids is 1. The molecule has 0 aromatic heterocycles. The molecule has 7 fully saturated rings. The van der Waals surface area contributed by atoms with Gasteiger partial charge in [0.05, 0.1) is 18.2 Å². The zero-order valence-electron chi connectivity index (χ0n) is 18.5. The van der Waals surface area contributed by atoms with Crippen LogP contribution in [-0.4, -0.2) is 62.5 Å². The number of fused-ring (bicyclic) bond motifs is 8. The number of thioether (sulfide) groups is 1. The second-order valence-electron chi connectivity index (χ2n) is 11.9. The number of carbonyl (C=O) groups is 1. The zero-order chi connectivity index (χ0) is 20.3. The summed E-state index contributed by atoms with van der Waals surface area (Å²) in [5.74, 6) is 2.83. The van der Waals surface area contributed by atoms with E-state index in [-0.39, 0.29) is 0 Å². The van der Waals surface area contributed by atoms with Crippen LogP contribution >= 0.6 is 11.8 Å². The maximum absolute atomic E-state index is 13.9. The molecule has 11 atom stereocenters. The van der Waals surface area contributed by atoms with Crippen molar-refractivity contribution in [2.75, 3.05) is 0 Å². The van der Waals surface area contributed by atoms with Gasteiger partial charge in [0.15, 0.2) is 5.17 Å².